The van der Waals surface area contributed by atoms with Crippen molar-refractivity contribution < 1.29 is 0 Å². The van der Waals surface area contributed by atoms with E-state index in [0.717, 1.165) is 154 Å². The van der Waals surface area contributed by atoms with Gasteiger partial charge in [0, 0.05) is 0 Å². The average molecular weight is 954 g/mol. The molecule has 392 valence electrons. The molecule has 0 saturated heterocycles. The third-order valence-electron chi connectivity index (χ3n) is 30.1. The van der Waals surface area contributed by atoms with Gasteiger partial charge in [-0.2, -0.15) is 0 Å². The Morgan fingerprint density at radius 1 is 0.114 bits per heavy atom. The molecule has 70 heavy (non-hydrogen) atoms. The molecule has 0 spiro atoms. The average Bonchev–Trinajstić information content (AvgIpc) is 3.93. The smallest absolute Gasteiger partial charge is 0.0318 e. The van der Waals surface area contributed by atoms with E-state index in [1.54, 1.807) is 270 Å². The highest BCUT2D eigenvalue weighted by molar-refractivity contribution is 5.14. The minimum atomic E-state index is 1.09. The quantitative estimate of drug-likeness (QED) is 0.249. The van der Waals surface area contributed by atoms with Crippen molar-refractivity contribution in [2.24, 2.45) is 166 Å². The SMILES string of the molecule is C1CCC(C2C(C3CCCCC3)C(C3CCC4CCCCC4C3)C(C3CCC4C(C3)C3CCCC5CCCC4C53)C(C3CCC4C(C3)C3CCCC5CCCC4C53)C2C2CCC3CCCCC3C2)CC1. The van der Waals surface area contributed by atoms with E-state index in [1.165, 1.54) is 11.8 Å². The van der Waals surface area contributed by atoms with Crippen molar-refractivity contribution in [3.63, 3.8) is 0 Å². The van der Waals surface area contributed by atoms with E-state index in [2.05, 4.69) is 0 Å². The molecule has 0 heteroatoms. The molecule has 0 N–H and O–H groups in total. The van der Waals surface area contributed by atoms with Gasteiger partial charge in [-0.15, -0.1) is 0 Å². The summed E-state index contributed by atoms with van der Waals surface area (Å²) in [7, 11) is 0. The molecule has 0 nitrogen and oxygen atoms in total. The predicted molar refractivity (Wildman–Crippen MR) is 292 cm³/mol. The normalized spacial score (nSPS) is 56.1. The minimum absolute atomic E-state index is 1.09. The first kappa shape index (κ1) is 47.2. The lowest BCUT2D eigenvalue weighted by Gasteiger charge is -2.66. The van der Waals surface area contributed by atoms with Crippen LogP contribution in [0.15, 0.2) is 0 Å². The third-order valence-corrected chi connectivity index (χ3v) is 30.1. The molecule has 15 saturated carbocycles. The van der Waals surface area contributed by atoms with Crippen molar-refractivity contribution in [2.75, 3.05) is 0 Å². The molecular weight excluding hydrogens is 841 g/mol. The van der Waals surface area contributed by atoms with Crippen LogP contribution < -0.4 is 0 Å². The van der Waals surface area contributed by atoms with Crippen molar-refractivity contribution in [3.8, 4) is 0 Å². The molecule has 0 aromatic carbocycles. The lowest BCUT2D eigenvalue weighted by molar-refractivity contribution is -0.178. The number of hydrogen-bond donors (Lipinski definition) is 0. The first-order valence-corrected chi connectivity index (χ1v) is 34.7. The van der Waals surface area contributed by atoms with Gasteiger partial charge >= 0.3 is 0 Å². The van der Waals surface area contributed by atoms with Crippen LogP contribution in [0.1, 0.15) is 270 Å². The maximum Gasteiger partial charge on any atom is -0.0318 e. The molecule has 26 unspecified atom stereocenters. The largest absolute Gasteiger partial charge is 0.0533 e. The first-order valence-electron chi connectivity index (χ1n) is 34.7. The fourth-order valence-corrected chi connectivity index (χ4v) is 28.5. The molecule has 0 radical (unpaired) electrons. The molecule has 15 aliphatic rings. The molecule has 0 amide bonds. The van der Waals surface area contributed by atoms with E-state index in [9.17, 15) is 0 Å². The minimum Gasteiger partial charge on any atom is -0.0533 e. The van der Waals surface area contributed by atoms with Crippen molar-refractivity contribution in [3.05, 3.63) is 0 Å². The molecule has 15 rings (SSSR count). The van der Waals surface area contributed by atoms with E-state index >= 15 is 0 Å². The highest BCUT2D eigenvalue weighted by atomic mass is 14.7. The van der Waals surface area contributed by atoms with Crippen LogP contribution in [0.3, 0.4) is 0 Å². The predicted octanol–water partition coefficient (Wildman–Crippen LogP) is 19.8. The van der Waals surface area contributed by atoms with E-state index < -0.39 is 0 Å². The van der Waals surface area contributed by atoms with E-state index in [0.29, 0.717) is 0 Å². The van der Waals surface area contributed by atoms with Gasteiger partial charge in [-0.3, -0.25) is 0 Å². The molecule has 0 heterocycles. The first-order chi connectivity index (χ1) is 34.7. The van der Waals surface area contributed by atoms with Gasteiger partial charge in [0.2, 0.25) is 0 Å². The lowest BCUT2D eigenvalue weighted by atomic mass is 9.39. The van der Waals surface area contributed by atoms with Crippen LogP contribution in [0.2, 0.25) is 0 Å². The van der Waals surface area contributed by atoms with Gasteiger partial charge in [0.25, 0.3) is 0 Å². The zero-order chi connectivity index (χ0) is 45.9. The van der Waals surface area contributed by atoms with Crippen LogP contribution in [0.5, 0.6) is 0 Å². The van der Waals surface area contributed by atoms with Gasteiger partial charge in [0.05, 0.1) is 0 Å². The van der Waals surface area contributed by atoms with E-state index in [-0.39, 0.29) is 0 Å². The van der Waals surface area contributed by atoms with Gasteiger partial charge in [-0.1, -0.05) is 167 Å². The zero-order valence-corrected chi connectivity index (χ0v) is 45.9. The maximum atomic E-state index is 1.76. The topological polar surface area (TPSA) is 0 Å². The fraction of sp³-hybridized carbons (Fsp3) is 1.00. The Balaban J connectivity index is 0.887. The van der Waals surface area contributed by atoms with Crippen LogP contribution >= 0.6 is 0 Å². The highest BCUT2D eigenvalue weighted by Crippen LogP contribution is 2.72. The fourth-order valence-electron chi connectivity index (χ4n) is 28.5. The Morgan fingerprint density at radius 2 is 0.371 bits per heavy atom. The van der Waals surface area contributed by atoms with Crippen LogP contribution in [0, 0.1) is 166 Å². The monoisotopic (exact) mass is 953 g/mol. The summed E-state index contributed by atoms with van der Waals surface area (Å²) in [6, 6.07) is 0. The number of fused-ring (bicyclic) bond motifs is 8. The Morgan fingerprint density at radius 3 is 0.771 bits per heavy atom. The Labute approximate surface area is 433 Å². The molecule has 0 bridgehead atoms. The standard InChI is InChI=1S/C70H112/c1-3-17-47(18-4-1)65-66(48-19-5-2-6-20-48)68(52-34-32-44-16-8-10-22-50(44)40-52)70(54-36-38-56-58-28-12-24-46-26-14-30-60(64(46)58)62(56)42-54)69(67(65)51-33-31-43-15-7-9-21-49(43)39-51)53-35-37-55-57-27-11-23-45-25-13-29-59(63(45)57)61(55)41-53/h43-70H,1-42H2. The summed E-state index contributed by atoms with van der Waals surface area (Å²) in [5.74, 6) is 31.4. The summed E-state index contributed by atoms with van der Waals surface area (Å²) < 4.78 is 0. The van der Waals surface area contributed by atoms with Crippen molar-refractivity contribution in [1.82, 2.24) is 0 Å². The van der Waals surface area contributed by atoms with Gasteiger partial charge in [0.1, 0.15) is 0 Å². The van der Waals surface area contributed by atoms with Gasteiger partial charge < -0.3 is 0 Å². The highest BCUT2D eigenvalue weighted by Gasteiger charge is 2.65. The van der Waals surface area contributed by atoms with Gasteiger partial charge in [-0.05, 0) is 268 Å². The second kappa shape index (κ2) is 20.1. The second-order valence-electron chi connectivity index (χ2n) is 31.9. The summed E-state index contributed by atoms with van der Waals surface area (Å²) >= 11 is 0. The Bertz CT molecular complexity index is 1620. The van der Waals surface area contributed by atoms with Crippen molar-refractivity contribution in [2.45, 2.75) is 270 Å². The number of rotatable bonds is 6. The van der Waals surface area contributed by atoms with Crippen molar-refractivity contribution in [1.29, 1.82) is 0 Å². The molecule has 0 aromatic heterocycles. The summed E-state index contributed by atoms with van der Waals surface area (Å²) in [6.07, 6.45) is 68.9. The summed E-state index contributed by atoms with van der Waals surface area (Å²) in [6.45, 7) is 0. The lowest BCUT2D eigenvalue weighted by Crippen LogP contribution is -2.60. The summed E-state index contributed by atoms with van der Waals surface area (Å²) in [4.78, 5) is 0. The Kier molecular flexibility index (Phi) is 13.6. The molecule has 0 aromatic rings. The van der Waals surface area contributed by atoms with E-state index in [4.69, 9.17) is 0 Å². The zero-order valence-electron chi connectivity index (χ0n) is 45.9. The van der Waals surface area contributed by atoms with Crippen LogP contribution in [0.25, 0.3) is 0 Å². The van der Waals surface area contributed by atoms with Crippen molar-refractivity contribution >= 4 is 0 Å². The summed E-state index contributed by atoms with van der Waals surface area (Å²) in [5, 5.41) is 0. The number of hydrogen-bond acceptors (Lipinski definition) is 0. The molecule has 15 aliphatic carbocycles. The van der Waals surface area contributed by atoms with Crippen LogP contribution in [-0.2, 0) is 0 Å². The maximum absolute atomic E-state index is 1.76. The Hall–Kier alpha value is 0. The van der Waals surface area contributed by atoms with Crippen LogP contribution in [-0.4, -0.2) is 0 Å². The molecule has 0 aliphatic heterocycles. The third kappa shape index (κ3) is 8.11. The van der Waals surface area contributed by atoms with Gasteiger partial charge in [0.15, 0.2) is 0 Å². The van der Waals surface area contributed by atoms with Crippen LogP contribution in [0.4, 0.5) is 0 Å². The molecule has 26 atom stereocenters. The molecule has 15 fully saturated rings. The van der Waals surface area contributed by atoms with E-state index in [1.807, 2.05) is 0 Å². The second-order valence-corrected chi connectivity index (χ2v) is 31.9. The van der Waals surface area contributed by atoms with Gasteiger partial charge in [-0.25, -0.2) is 0 Å². The molecular formula is C70H112. The summed E-state index contributed by atoms with van der Waals surface area (Å²) in [5.41, 5.74) is 0.